The summed E-state index contributed by atoms with van der Waals surface area (Å²) in [4.78, 5) is 11.7. The molecule has 0 saturated carbocycles. The van der Waals surface area contributed by atoms with Gasteiger partial charge >= 0.3 is 5.97 Å². The standard InChI is InChI=1S/C14H15ClO2/c1-10(2)4-5-11(3)17-14(16)12-6-8-13(15)9-7-12/h4-9H,1-3H3/b11-5+. The van der Waals surface area contributed by atoms with Crippen LogP contribution in [-0.4, -0.2) is 5.97 Å². The van der Waals surface area contributed by atoms with Crippen LogP contribution >= 0.6 is 11.6 Å². The molecule has 1 rings (SSSR count). The van der Waals surface area contributed by atoms with Gasteiger partial charge in [0, 0.05) is 5.02 Å². The minimum Gasteiger partial charge on any atom is -0.428 e. The number of ether oxygens (including phenoxy) is 1. The quantitative estimate of drug-likeness (QED) is 0.452. The molecule has 0 aliphatic heterocycles. The first-order valence-corrected chi connectivity index (χ1v) is 5.66. The van der Waals surface area contributed by atoms with E-state index in [1.807, 2.05) is 19.9 Å². The molecule has 0 atom stereocenters. The maximum Gasteiger partial charge on any atom is 0.343 e. The molecule has 0 saturated heterocycles. The third kappa shape index (κ3) is 4.87. The van der Waals surface area contributed by atoms with Gasteiger partial charge in [0.15, 0.2) is 0 Å². The van der Waals surface area contributed by atoms with Gasteiger partial charge < -0.3 is 4.74 Å². The van der Waals surface area contributed by atoms with E-state index < -0.39 is 0 Å². The summed E-state index contributed by atoms with van der Waals surface area (Å²) in [6.07, 6.45) is 3.66. The normalized spacial score (nSPS) is 10.9. The smallest absolute Gasteiger partial charge is 0.343 e. The Morgan fingerprint density at radius 1 is 1.12 bits per heavy atom. The molecule has 90 valence electrons. The molecular weight excluding hydrogens is 236 g/mol. The Hall–Kier alpha value is -1.54. The second-order valence-corrected chi connectivity index (χ2v) is 4.35. The number of esters is 1. The second-order valence-electron chi connectivity index (χ2n) is 3.92. The zero-order chi connectivity index (χ0) is 12.8. The molecular formula is C14H15ClO2. The van der Waals surface area contributed by atoms with Gasteiger partial charge in [0.05, 0.1) is 5.56 Å². The van der Waals surface area contributed by atoms with Crippen LogP contribution in [0.3, 0.4) is 0 Å². The molecule has 2 nitrogen and oxygen atoms in total. The van der Waals surface area contributed by atoms with Crippen LogP contribution in [0, 0.1) is 0 Å². The zero-order valence-electron chi connectivity index (χ0n) is 10.2. The van der Waals surface area contributed by atoms with Crippen LogP contribution in [0.4, 0.5) is 0 Å². The Labute approximate surface area is 107 Å². The minimum atomic E-state index is -0.377. The van der Waals surface area contributed by atoms with Crippen LogP contribution in [-0.2, 0) is 4.74 Å². The molecule has 0 amide bonds. The van der Waals surface area contributed by atoms with Crippen molar-refractivity contribution >= 4 is 17.6 Å². The lowest BCUT2D eigenvalue weighted by Crippen LogP contribution is -2.03. The zero-order valence-corrected chi connectivity index (χ0v) is 10.9. The van der Waals surface area contributed by atoms with E-state index >= 15 is 0 Å². The van der Waals surface area contributed by atoms with Crippen molar-refractivity contribution in [3.63, 3.8) is 0 Å². The summed E-state index contributed by atoms with van der Waals surface area (Å²) in [5.41, 5.74) is 1.63. The largest absolute Gasteiger partial charge is 0.428 e. The van der Waals surface area contributed by atoms with Crippen LogP contribution in [0.5, 0.6) is 0 Å². The molecule has 3 heteroatoms. The van der Waals surface area contributed by atoms with Crippen LogP contribution in [0.25, 0.3) is 0 Å². The van der Waals surface area contributed by atoms with Gasteiger partial charge in [-0.1, -0.05) is 23.3 Å². The number of hydrogen-bond acceptors (Lipinski definition) is 2. The highest BCUT2D eigenvalue weighted by Gasteiger charge is 2.07. The van der Waals surface area contributed by atoms with Crippen molar-refractivity contribution in [2.75, 3.05) is 0 Å². The third-order valence-electron chi connectivity index (χ3n) is 1.98. The number of carbonyl (C=O) groups is 1. The predicted octanol–water partition coefficient (Wildman–Crippen LogP) is 4.37. The molecule has 0 aliphatic rings. The fourth-order valence-corrected chi connectivity index (χ4v) is 1.24. The molecule has 0 aromatic heterocycles. The Kier molecular flexibility index (Phi) is 4.98. The first-order valence-electron chi connectivity index (χ1n) is 5.28. The van der Waals surface area contributed by atoms with E-state index in [9.17, 15) is 4.79 Å². The maximum absolute atomic E-state index is 11.7. The first kappa shape index (κ1) is 13.5. The van der Waals surface area contributed by atoms with Crippen molar-refractivity contribution in [1.82, 2.24) is 0 Å². The van der Waals surface area contributed by atoms with E-state index in [-0.39, 0.29) is 5.97 Å². The van der Waals surface area contributed by atoms with E-state index in [0.29, 0.717) is 16.3 Å². The summed E-state index contributed by atoms with van der Waals surface area (Å²) in [5, 5.41) is 0.596. The molecule has 0 unspecified atom stereocenters. The molecule has 0 radical (unpaired) electrons. The molecule has 0 bridgehead atoms. The summed E-state index contributed by atoms with van der Waals surface area (Å²) >= 11 is 5.74. The van der Waals surface area contributed by atoms with Crippen LogP contribution in [0.15, 0.2) is 47.7 Å². The van der Waals surface area contributed by atoms with Gasteiger partial charge in [-0.25, -0.2) is 4.79 Å². The number of halogens is 1. The highest BCUT2D eigenvalue weighted by molar-refractivity contribution is 6.30. The van der Waals surface area contributed by atoms with Gasteiger partial charge in [-0.05, 0) is 51.1 Å². The Balaban J connectivity index is 2.70. The lowest BCUT2D eigenvalue weighted by Gasteiger charge is -2.03. The number of carbonyl (C=O) groups excluding carboxylic acids is 1. The second kappa shape index (κ2) is 6.26. The Bertz CT molecular complexity index is 452. The molecule has 1 aromatic rings. The van der Waals surface area contributed by atoms with Crippen molar-refractivity contribution in [1.29, 1.82) is 0 Å². The maximum atomic E-state index is 11.7. The molecule has 0 heterocycles. The molecule has 0 fully saturated rings. The monoisotopic (exact) mass is 250 g/mol. The third-order valence-corrected chi connectivity index (χ3v) is 2.24. The van der Waals surface area contributed by atoms with E-state index in [2.05, 4.69) is 0 Å². The summed E-state index contributed by atoms with van der Waals surface area (Å²) < 4.78 is 5.16. The average molecular weight is 251 g/mol. The number of rotatable bonds is 3. The van der Waals surface area contributed by atoms with E-state index in [4.69, 9.17) is 16.3 Å². The van der Waals surface area contributed by atoms with E-state index in [0.717, 1.165) is 5.57 Å². The fourth-order valence-electron chi connectivity index (χ4n) is 1.11. The lowest BCUT2D eigenvalue weighted by molar-refractivity contribution is 0.0626. The molecule has 0 spiro atoms. The highest BCUT2D eigenvalue weighted by Crippen LogP contribution is 2.12. The van der Waals surface area contributed by atoms with Crippen LogP contribution in [0.2, 0.25) is 5.02 Å². The number of hydrogen-bond donors (Lipinski definition) is 0. The SMILES string of the molecule is CC(C)=C/C=C(\C)OC(=O)c1ccc(Cl)cc1. The summed E-state index contributed by atoms with van der Waals surface area (Å²) in [5.74, 6) is 0.184. The summed E-state index contributed by atoms with van der Waals surface area (Å²) in [7, 11) is 0. The highest BCUT2D eigenvalue weighted by atomic mass is 35.5. The van der Waals surface area contributed by atoms with Gasteiger partial charge in [-0.15, -0.1) is 0 Å². The van der Waals surface area contributed by atoms with E-state index in [1.54, 1.807) is 37.3 Å². The van der Waals surface area contributed by atoms with Crippen molar-refractivity contribution in [3.05, 3.63) is 58.3 Å². The summed E-state index contributed by atoms with van der Waals surface area (Å²) in [6.45, 7) is 5.70. The summed E-state index contributed by atoms with van der Waals surface area (Å²) in [6, 6.07) is 6.60. The lowest BCUT2D eigenvalue weighted by atomic mass is 10.2. The van der Waals surface area contributed by atoms with Gasteiger partial charge in [-0.3, -0.25) is 0 Å². The number of allylic oxidation sites excluding steroid dienone is 4. The molecule has 17 heavy (non-hydrogen) atoms. The van der Waals surface area contributed by atoms with Crippen molar-refractivity contribution in [3.8, 4) is 0 Å². The van der Waals surface area contributed by atoms with Crippen LogP contribution in [0.1, 0.15) is 31.1 Å². The van der Waals surface area contributed by atoms with Gasteiger partial charge in [0.2, 0.25) is 0 Å². The van der Waals surface area contributed by atoms with Gasteiger partial charge in [0.25, 0.3) is 0 Å². The minimum absolute atomic E-state index is 0.377. The molecule has 0 N–H and O–H groups in total. The van der Waals surface area contributed by atoms with Crippen molar-refractivity contribution in [2.45, 2.75) is 20.8 Å². The van der Waals surface area contributed by atoms with Crippen molar-refractivity contribution in [2.24, 2.45) is 0 Å². The predicted molar refractivity (Wildman–Crippen MR) is 70.1 cm³/mol. The van der Waals surface area contributed by atoms with Crippen molar-refractivity contribution < 1.29 is 9.53 Å². The average Bonchev–Trinajstić information content (AvgIpc) is 2.27. The fraction of sp³-hybridized carbons (Fsp3) is 0.214. The molecule has 0 aliphatic carbocycles. The Morgan fingerprint density at radius 3 is 2.24 bits per heavy atom. The number of benzene rings is 1. The van der Waals surface area contributed by atoms with E-state index in [1.165, 1.54) is 0 Å². The van der Waals surface area contributed by atoms with Crippen LogP contribution < -0.4 is 0 Å². The Morgan fingerprint density at radius 2 is 1.71 bits per heavy atom. The first-order chi connectivity index (χ1) is 7.99. The topological polar surface area (TPSA) is 26.3 Å². The van der Waals surface area contributed by atoms with Gasteiger partial charge in [-0.2, -0.15) is 0 Å². The molecule has 1 aromatic carbocycles. The van der Waals surface area contributed by atoms with Gasteiger partial charge in [0.1, 0.15) is 5.76 Å².